The van der Waals surface area contributed by atoms with Crippen LogP contribution >= 0.6 is 0 Å². The van der Waals surface area contributed by atoms with E-state index >= 15 is 0 Å². The molecule has 0 heterocycles. The molecule has 1 aliphatic carbocycles. The van der Waals surface area contributed by atoms with Gasteiger partial charge >= 0.3 is 5.97 Å². The van der Waals surface area contributed by atoms with E-state index in [0.717, 1.165) is 19.3 Å². The van der Waals surface area contributed by atoms with Crippen LogP contribution in [0.25, 0.3) is 0 Å². The van der Waals surface area contributed by atoms with Gasteiger partial charge in [0.2, 0.25) is 10.0 Å². The molecule has 0 aliphatic heterocycles. The molecular formula is C13H25NO4S. The van der Waals surface area contributed by atoms with Crippen molar-refractivity contribution in [3.63, 3.8) is 0 Å². The van der Waals surface area contributed by atoms with E-state index in [1.807, 2.05) is 6.92 Å². The van der Waals surface area contributed by atoms with Gasteiger partial charge in [0.1, 0.15) is 6.54 Å². The summed E-state index contributed by atoms with van der Waals surface area (Å²) in [5.74, 6) is -0.463. The molecule has 0 bridgehead atoms. The van der Waals surface area contributed by atoms with Gasteiger partial charge in [-0.15, -0.1) is 0 Å². The van der Waals surface area contributed by atoms with E-state index in [9.17, 15) is 13.2 Å². The first-order valence-electron chi connectivity index (χ1n) is 7.17. The molecule has 0 atom stereocenters. The monoisotopic (exact) mass is 291 g/mol. The fraction of sp³-hybridized carbons (Fsp3) is 0.923. The third-order valence-corrected chi connectivity index (χ3v) is 5.76. The number of rotatable bonds is 7. The number of carbonyl (C=O) groups is 1. The smallest absolute Gasteiger partial charge is 0.321 e. The lowest BCUT2D eigenvalue weighted by Crippen LogP contribution is -2.43. The van der Waals surface area contributed by atoms with E-state index in [0.29, 0.717) is 25.8 Å². The molecule has 19 heavy (non-hydrogen) atoms. The Hall–Kier alpha value is -0.620. The fourth-order valence-corrected chi connectivity index (χ4v) is 4.54. The van der Waals surface area contributed by atoms with Crippen LogP contribution in [0.3, 0.4) is 0 Å². The largest absolute Gasteiger partial charge is 0.465 e. The number of sulfonamides is 1. The van der Waals surface area contributed by atoms with Crippen molar-refractivity contribution in [3.05, 3.63) is 0 Å². The second kappa shape index (κ2) is 7.85. The van der Waals surface area contributed by atoms with Gasteiger partial charge in [0.05, 0.1) is 11.9 Å². The molecule has 6 heteroatoms. The van der Waals surface area contributed by atoms with Gasteiger partial charge in [0.25, 0.3) is 0 Å². The maximum atomic E-state index is 12.5. The zero-order valence-electron chi connectivity index (χ0n) is 11.9. The molecule has 0 aromatic carbocycles. The topological polar surface area (TPSA) is 63.7 Å². The minimum absolute atomic E-state index is 0.152. The predicted molar refractivity (Wildman–Crippen MR) is 74.3 cm³/mol. The van der Waals surface area contributed by atoms with E-state index in [4.69, 9.17) is 4.74 Å². The van der Waals surface area contributed by atoms with Crippen LogP contribution in [-0.4, -0.2) is 43.6 Å². The van der Waals surface area contributed by atoms with E-state index in [-0.39, 0.29) is 18.4 Å². The van der Waals surface area contributed by atoms with Gasteiger partial charge in [-0.2, -0.15) is 4.31 Å². The van der Waals surface area contributed by atoms with Crippen molar-refractivity contribution in [2.24, 2.45) is 0 Å². The molecule has 1 rings (SSSR count). The van der Waals surface area contributed by atoms with Crippen LogP contribution in [0.15, 0.2) is 0 Å². The third kappa shape index (κ3) is 4.76. The summed E-state index contributed by atoms with van der Waals surface area (Å²) in [5, 5.41) is -0.317. The van der Waals surface area contributed by atoms with Crippen LogP contribution in [0.5, 0.6) is 0 Å². The van der Waals surface area contributed by atoms with Gasteiger partial charge in [0.15, 0.2) is 0 Å². The summed E-state index contributed by atoms with van der Waals surface area (Å²) in [4.78, 5) is 11.5. The number of ether oxygens (including phenoxy) is 1. The molecule has 112 valence electrons. The fourth-order valence-electron chi connectivity index (χ4n) is 2.47. The Labute approximate surface area is 116 Å². The maximum Gasteiger partial charge on any atom is 0.321 e. The summed E-state index contributed by atoms with van der Waals surface area (Å²) in [6.45, 7) is 4.15. The number of esters is 1. The highest BCUT2D eigenvalue weighted by atomic mass is 32.2. The normalized spacial score (nSPS) is 17.6. The van der Waals surface area contributed by atoms with Crippen molar-refractivity contribution < 1.29 is 17.9 Å². The van der Waals surface area contributed by atoms with E-state index in [1.165, 1.54) is 4.31 Å². The highest BCUT2D eigenvalue weighted by molar-refractivity contribution is 7.89. The standard InChI is InChI=1S/C13H25NO4S/c1-3-10-14(11-13(15)18-4-2)19(16,17)12-8-6-5-7-9-12/h12H,3-11H2,1-2H3. The molecule has 1 saturated carbocycles. The van der Waals surface area contributed by atoms with Crippen molar-refractivity contribution >= 4 is 16.0 Å². The molecule has 0 spiro atoms. The second-order valence-corrected chi connectivity index (χ2v) is 7.16. The Morgan fingerprint density at radius 2 is 1.84 bits per heavy atom. The average molecular weight is 291 g/mol. The lowest BCUT2D eigenvalue weighted by atomic mass is 10.0. The summed E-state index contributed by atoms with van der Waals surface area (Å²) in [6.07, 6.45) is 5.16. The molecule has 0 saturated heterocycles. The molecule has 1 aliphatic rings. The zero-order valence-corrected chi connectivity index (χ0v) is 12.7. The Bertz CT molecular complexity index is 374. The molecule has 1 fully saturated rings. The number of hydrogen-bond donors (Lipinski definition) is 0. The van der Waals surface area contributed by atoms with Crippen LogP contribution in [0.1, 0.15) is 52.4 Å². The Kier molecular flexibility index (Phi) is 6.79. The summed E-state index contributed by atoms with van der Waals surface area (Å²) >= 11 is 0. The van der Waals surface area contributed by atoms with Crippen molar-refractivity contribution in [2.45, 2.75) is 57.6 Å². The minimum Gasteiger partial charge on any atom is -0.465 e. The van der Waals surface area contributed by atoms with E-state index in [2.05, 4.69) is 0 Å². The molecular weight excluding hydrogens is 266 g/mol. The quantitative estimate of drug-likeness (QED) is 0.672. The Morgan fingerprint density at radius 3 is 2.37 bits per heavy atom. The Balaban J connectivity index is 2.74. The van der Waals surface area contributed by atoms with Crippen molar-refractivity contribution in [3.8, 4) is 0 Å². The molecule has 0 radical (unpaired) electrons. The van der Waals surface area contributed by atoms with Gasteiger partial charge in [-0.05, 0) is 26.2 Å². The van der Waals surface area contributed by atoms with Gasteiger partial charge in [-0.1, -0.05) is 26.2 Å². The first-order valence-corrected chi connectivity index (χ1v) is 8.67. The Morgan fingerprint density at radius 1 is 1.21 bits per heavy atom. The SMILES string of the molecule is CCCN(CC(=O)OCC)S(=O)(=O)C1CCCCC1. The van der Waals surface area contributed by atoms with Gasteiger partial charge in [-0.3, -0.25) is 4.79 Å². The predicted octanol–water partition coefficient (Wildman–Crippen LogP) is 1.92. The number of nitrogens with zero attached hydrogens (tertiary/aromatic N) is 1. The van der Waals surface area contributed by atoms with Crippen molar-refractivity contribution in [2.75, 3.05) is 19.7 Å². The van der Waals surface area contributed by atoms with Crippen molar-refractivity contribution in [1.29, 1.82) is 0 Å². The van der Waals surface area contributed by atoms with E-state index < -0.39 is 16.0 Å². The lowest BCUT2D eigenvalue weighted by molar-refractivity contribution is -0.143. The third-order valence-electron chi connectivity index (χ3n) is 3.42. The second-order valence-electron chi connectivity index (χ2n) is 4.94. The van der Waals surface area contributed by atoms with E-state index in [1.54, 1.807) is 6.92 Å². The average Bonchev–Trinajstić information content (AvgIpc) is 2.39. The first-order chi connectivity index (χ1) is 9.02. The summed E-state index contributed by atoms with van der Waals surface area (Å²) in [6, 6.07) is 0. The molecule has 0 amide bonds. The number of hydrogen-bond acceptors (Lipinski definition) is 4. The molecule has 0 unspecified atom stereocenters. The van der Waals surface area contributed by atoms with Crippen LogP contribution in [0, 0.1) is 0 Å². The van der Waals surface area contributed by atoms with Gasteiger partial charge in [-0.25, -0.2) is 8.42 Å². The molecule has 0 aromatic rings. The van der Waals surface area contributed by atoms with Gasteiger partial charge < -0.3 is 4.74 Å². The van der Waals surface area contributed by atoms with Crippen LogP contribution in [0.2, 0.25) is 0 Å². The molecule has 0 N–H and O–H groups in total. The highest BCUT2D eigenvalue weighted by Crippen LogP contribution is 2.26. The minimum atomic E-state index is -3.37. The van der Waals surface area contributed by atoms with Gasteiger partial charge in [0, 0.05) is 6.54 Å². The summed E-state index contributed by atoms with van der Waals surface area (Å²) in [7, 11) is -3.37. The molecule has 5 nitrogen and oxygen atoms in total. The maximum absolute atomic E-state index is 12.5. The zero-order chi connectivity index (χ0) is 14.3. The number of carbonyl (C=O) groups excluding carboxylic acids is 1. The first kappa shape index (κ1) is 16.4. The van der Waals surface area contributed by atoms with Crippen LogP contribution < -0.4 is 0 Å². The lowest BCUT2D eigenvalue weighted by Gasteiger charge is -2.28. The highest BCUT2D eigenvalue weighted by Gasteiger charge is 2.33. The summed E-state index contributed by atoms with van der Waals surface area (Å²) < 4.78 is 31.2. The van der Waals surface area contributed by atoms with Crippen LogP contribution in [-0.2, 0) is 19.6 Å². The van der Waals surface area contributed by atoms with Crippen LogP contribution in [0.4, 0.5) is 0 Å². The summed E-state index contributed by atoms with van der Waals surface area (Å²) in [5.41, 5.74) is 0. The van der Waals surface area contributed by atoms with Crippen molar-refractivity contribution in [1.82, 2.24) is 4.31 Å². The molecule has 0 aromatic heterocycles.